The molecule has 110 valence electrons. The predicted octanol–water partition coefficient (Wildman–Crippen LogP) is 0.646. The Kier molecular flexibility index (Phi) is 5.31. The summed E-state index contributed by atoms with van der Waals surface area (Å²) in [6, 6.07) is 3.85. The van der Waals surface area contributed by atoms with E-state index in [9.17, 15) is 4.79 Å². The normalized spacial score (nSPS) is 17.2. The standard InChI is InChI=1S/C14H22N4O2/c15-13-4-3-12(10-16-13)11-18-8-6-17(7-9-18)5-1-2-14(19)20/h3-4,10H,1-2,5-9,11H2,(H2,15,16)(H,19,20). The van der Waals surface area contributed by atoms with Crippen LogP contribution < -0.4 is 5.73 Å². The van der Waals surface area contributed by atoms with E-state index < -0.39 is 5.97 Å². The van der Waals surface area contributed by atoms with E-state index in [0.29, 0.717) is 5.82 Å². The number of rotatable bonds is 6. The summed E-state index contributed by atoms with van der Waals surface area (Å²) in [7, 11) is 0. The van der Waals surface area contributed by atoms with E-state index in [4.69, 9.17) is 10.8 Å². The molecular formula is C14H22N4O2. The fourth-order valence-corrected chi connectivity index (χ4v) is 2.41. The van der Waals surface area contributed by atoms with Crippen molar-refractivity contribution in [2.45, 2.75) is 19.4 Å². The van der Waals surface area contributed by atoms with Crippen molar-refractivity contribution in [1.82, 2.24) is 14.8 Å². The van der Waals surface area contributed by atoms with E-state index in [1.54, 1.807) is 0 Å². The minimum Gasteiger partial charge on any atom is -0.481 e. The molecule has 6 heteroatoms. The molecule has 0 spiro atoms. The second-order valence-corrected chi connectivity index (χ2v) is 5.21. The maximum absolute atomic E-state index is 10.5. The first kappa shape index (κ1) is 14.7. The average Bonchev–Trinajstić information content (AvgIpc) is 2.43. The van der Waals surface area contributed by atoms with Gasteiger partial charge in [0.05, 0.1) is 0 Å². The fourth-order valence-electron chi connectivity index (χ4n) is 2.41. The van der Waals surface area contributed by atoms with Crippen LogP contribution in [-0.4, -0.2) is 58.6 Å². The van der Waals surface area contributed by atoms with Gasteiger partial charge in [-0.25, -0.2) is 4.98 Å². The zero-order valence-electron chi connectivity index (χ0n) is 11.7. The van der Waals surface area contributed by atoms with Crippen molar-refractivity contribution in [1.29, 1.82) is 0 Å². The summed E-state index contributed by atoms with van der Waals surface area (Å²) in [6.45, 7) is 5.80. The van der Waals surface area contributed by atoms with Crippen LogP contribution in [0.4, 0.5) is 5.82 Å². The largest absolute Gasteiger partial charge is 0.481 e. The lowest BCUT2D eigenvalue weighted by atomic mass is 10.2. The van der Waals surface area contributed by atoms with Gasteiger partial charge >= 0.3 is 5.97 Å². The van der Waals surface area contributed by atoms with Crippen molar-refractivity contribution >= 4 is 11.8 Å². The number of aliphatic carboxylic acids is 1. The number of piperazine rings is 1. The number of carboxylic acids is 1. The maximum atomic E-state index is 10.5. The van der Waals surface area contributed by atoms with Crippen molar-refractivity contribution in [2.24, 2.45) is 0 Å². The Morgan fingerprint density at radius 2 is 1.95 bits per heavy atom. The van der Waals surface area contributed by atoms with E-state index >= 15 is 0 Å². The van der Waals surface area contributed by atoms with Crippen molar-refractivity contribution < 1.29 is 9.90 Å². The van der Waals surface area contributed by atoms with Gasteiger partial charge in [0.1, 0.15) is 5.82 Å². The molecule has 0 radical (unpaired) electrons. The first-order valence-corrected chi connectivity index (χ1v) is 7.00. The Balaban J connectivity index is 1.68. The number of hydrogen-bond donors (Lipinski definition) is 2. The molecule has 1 aromatic heterocycles. The minimum atomic E-state index is -0.709. The third-order valence-corrected chi connectivity index (χ3v) is 3.58. The van der Waals surface area contributed by atoms with Crippen LogP contribution in [0.1, 0.15) is 18.4 Å². The molecule has 20 heavy (non-hydrogen) atoms. The van der Waals surface area contributed by atoms with Crippen LogP contribution in [0.25, 0.3) is 0 Å². The van der Waals surface area contributed by atoms with Gasteiger partial charge < -0.3 is 15.7 Å². The van der Waals surface area contributed by atoms with Gasteiger partial charge in [0.15, 0.2) is 0 Å². The van der Waals surface area contributed by atoms with Gasteiger partial charge in [-0.15, -0.1) is 0 Å². The molecule has 1 aliphatic heterocycles. The Morgan fingerprint density at radius 3 is 2.55 bits per heavy atom. The molecule has 0 saturated carbocycles. The molecule has 1 aliphatic rings. The summed E-state index contributed by atoms with van der Waals surface area (Å²) in [5.41, 5.74) is 6.75. The molecule has 0 unspecified atom stereocenters. The van der Waals surface area contributed by atoms with Gasteiger partial charge in [0.25, 0.3) is 0 Å². The van der Waals surface area contributed by atoms with Crippen LogP contribution in [0.15, 0.2) is 18.3 Å². The number of anilines is 1. The number of carbonyl (C=O) groups is 1. The van der Waals surface area contributed by atoms with Gasteiger partial charge in [-0.2, -0.15) is 0 Å². The first-order valence-electron chi connectivity index (χ1n) is 7.00. The quantitative estimate of drug-likeness (QED) is 0.795. The number of carboxylic acid groups (broad SMARTS) is 1. The number of nitrogens with zero attached hydrogens (tertiary/aromatic N) is 3. The van der Waals surface area contributed by atoms with Crippen LogP contribution in [0, 0.1) is 0 Å². The molecule has 3 N–H and O–H groups in total. The van der Waals surface area contributed by atoms with Gasteiger partial charge in [0, 0.05) is 45.3 Å². The minimum absolute atomic E-state index is 0.261. The molecule has 1 saturated heterocycles. The lowest BCUT2D eigenvalue weighted by molar-refractivity contribution is -0.137. The van der Waals surface area contributed by atoms with Crippen LogP contribution >= 0.6 is 0 Å². The van der Waals surface area contributed by atoms with Crippen LogP contribution in [0.3, 0.4) is 0 Å². The molecule has 0 aromatic carbocycles. The van der Waals surface area contributed by atoms with Crippen molar-refractivity contribution in [2.75, 3.05) is 38.5 Å². The SMILES string of the molecule is Nc1ccc(CN2CCN(CCCC(=O)O)CC2)cn1. The first-order chi connectivity index (χ1) is 9.63. The molecule has 2 heterocycles. The van der Waals surface area contributed by atoms with Crippen molar-refractivity contribution in [3.8, 4) is 0 Å². The van der Waals surface area contributed by atoms with Crippen molar-refractivity contribution in [3.63, 3.8) is 0 Å². The molecule has 0 amide bonds. The van der Waals surface area contributed by atoms with Gasteiger partial charge in [-0.05, 0) is 24.6 Å². The maximum Gasteiger partial charge on any atom is 0.303 e. The Morgan fingerprint density at radius 1 is 1.25 bits per heavy atom. The van der Waals surface area contributed by atoms with Gasteiger partial charge in [-0.3, -0.25) is 9.69 Å². The summed E-state index contributed by atoms with van der Waals surface area (Å²) in [4.78, 5) is 19.3. The third kappa shape index (κ3) is 4.79. The Labute approximate surface area is 119 Å². The lowest BCUT2D eigenvalue weighted by Gasteiger charge is -2.34. The average molecular weight is 278 g/mol. The molecule has 0 aliphatic carbocycles. The number of nitrogen functional groups attached to an aromatic ring is 1. The molecule has 1 aromatic rings. The Hall–Kier alpha value is -1.66. The second kappa shape index (κ2) is 7.21. The van der Waals surface area contributed by atoms with Crippen LogP contribution in [0.2, 0.25) is 0 Å². The summed E-state index contributed by atoms with van der Waals surface area (Å²) < 4.78 is 0. The molecule has 1 fully saturated rings. The summed E-state index contributed by atoms with van der Waals surface area (Å²) in [6.07, 6.45) is 2.82. The van der Waals surface area contributed by atoms with E-state index in [1.165, 1.54) is 5.56 Å². The molecular weight excluding hydrogens is 256 g/mol. The van der Waals surface area contributed by atoms with Gasteiger partial charge in [0.2, 0.25) is 0 Å². The van der Waals surface area contributed by atoms with Crippen LogP contribution in [-0.2, 0) is 11.3 Å². The highest BCUT2D eigenvalue weighted by Gasteiger charge is 2.16. The van der Waals surface area contributed by atoms with Gasteiger partial charge in [-0.1, -0.05) is 6.07 Å². The highest BCUT2D eigenvalue weighted by atomic mass is 16.4. The second-order valence-electron chi connectivity index (χ2n) is 5.21. The number of pyridine rings is 1. The molecule has 0 bridgehead atoms. The monoisotopic (exact) mass is 278 g/mol. The Bertz CT molecular complexity index is 427. The predicted molar refractivity (Wildman–Crippen MR) is 77.2 cm³/mol. The summed E-state index contributed by atoms with van der Waals surface area (Å²) in [5, 5.41) is 8.63. The van der Waals surface area contributed by atoms with Crippen molar-refractivity contribution in [3.05, 3.63) is 23.9 Å². The van der Waals surface area contributed by atoms with E-state index in [0.717, 1.165) is 45.7 Å². The molecule has 6 nitrogen and oxygen atoms in total. The molecule has 0 atom stereocenters. The van der Waals surface area contributed by atoms with Crippen LogP contribution in [0.5, 0.6) is 0 Å². The highest BCUT2D eigenvalue weighted by molar-refractivity contribution is 5.66. The smallest absolute Gasteiger partial charge is 0.303 e. The highest BCUT2D eigenvalue weighted by Crippen LogP contribution is 2.09. The number of aromatic nitrogens is 1. The number of nitrogens with two attached hydrogens (primary N) is 1. The molecule has 2 rings (SSSR count). The van der Waals surface area contributed by atoms with E-state index in [1.807, 2.05) is 18.3 Å². The van der Waals surface area contributed by atoms with E-state index in [2.05, 4.69) is 14.8 Å². The summed E-state index contributed by atoms with van der Waals surface area (Å²) >= 11 is 0. The number of hydrogen-bond acceptors (Lipinski definition) is 5. The summed E-state index contributed by atoms with van der Waals surface area (Å²) in [5.74, 6) is -0.156. The zero-order chi connectivity index (χ0) is 14.4. The topological polar surface area (TPSA) is 82.7 Å². The zero-order valence-corrected chi connectivity index (χ0v) is 11.7. The van der Waals surface area contributed by atoms with E-state index in [-0.39, 0.29) is 6.42 Å². The fraction of sp³-hybridized carbons (Fsp3) is 0.571. The third-order valence-electron chi connectivity index (χ3n) is 3.58. The lowest BCUT2D eigenvalue weighted by Crippen LogP contribution is -2.46.